The standard InChI is InChI=1S/C18H23N5O/c1-12(2)9-14(17-19-11-20-23(17)4)21-18(24)16-10-13-7-5-6-8-15(13)22(16)3/h5-8,10-12,14H,9H2,1-4H3,(H,21,24)/t14-/m1/s1. The summed E-state index contributed by atoms with van der Waals surface area (Å²) in [6, 6.07) is 9.74. The van der Waals surface area contributed by atoms with E-state index in [1.54, 1.807) is 4.68 Å². The Hall–Kier alpha value is -2.63. The lowest BCUT2D eigenvalue weighted by Crippen LogP contribution is -2.32. The quantitative estimate of drug-likeness (QED) is 0.784. The van der Waals surface area contributed by atoms with Crippen LogP contribution in [-0.4, -0.2) is 25.2 Å². The average Bonchev–Trinajstić information content (AvgIpc) is 3.10. The van der Waals surface area contributed by atoms with E-state index in [2.05, 4.69) is 29.2 Å². The maximum Gasteiger partial charge on any atom is 0.268 e. The summed E-state index contributed by atoms with van der Waals surface area (Å²) in [5.41, 5.74) is 1.69. The van der Waals surface area contributed by atoms with Crippen molar-refractivity contribution < 1.29 is 4.79 Å². The Kier molecular flexibility index (Phi) is 4.38. The molecule has 0 aliphatic carbocycles. The van der Waals surface area contributed by atoms with Gasteiger partial charge in [-0.3, -0.25) is 9.48 Å². The number of rotatable bonds is 5. The maximum absolute atomic E-state index is 12.8. The van der Waals surface area contributed by atoms with Crippen LogP contribution in [0.5, 0.6) is 0 Å². The molecule has 6 heteroatoms. The molecule has 0 saturated carbocycles. The molecule has 1 N–H and O–H groups in total. The number of aromatic nitrogens is 4. The lowest BCUT2D eigenvalue weighted by Gasteiger charge is -2.20. The minimum absolute atomic E-state index is 0.0950. The largest absolute Gasteiger partial charge is 0.341 e. The number of carbonyl (C=O) groups excluding carboxylic acids is 1. The van der Waals surface area contributed by atoms with Gasteiger partial charge in [-0.05, 0) is 24.5 Å². The van der Waals surface area contributed by atoms with E-state index in [4.69, 9.17) is 0 Å². The van der Waals surface area contributed by atoms with Crippen molar-refractivity contribution in [3.8, 4) is 0 Å². The molecule has 0 unspecified atom stereocenters. The summed E-state index contributed by atoms with van der Waals surface area (Å²) >= 11 is 0. The summed E-state index contributed by atoms with van der Waals surface area (Å²) in [6.07, 6.45) is 2.33. The van der Waals surface area contributed by atoms with E-state index in [0.29, 0.717) is 11.6 Å². The van der Waals surface area contributed by atoms with E-state index in [0.717, 1.165) is 23.1 Å². The highest BCUT2D eigenvalue weighted by molar-refractivity contribution is 5.98. The van der Waals surface area contributed by atoms with Crippen molar-refractivity contribution in [1.29, 1.82) is 0 Å². The normalized spacial score (nSPS) is 12.7. The van der Waals surface area contributed by atoms with Crippen LogP contribution >= 0.6 is 0 Å². The monoisotopic (exact) mass is 325 g/mol. The van der Waals surface area contributed by atoms with Crippen LogP contribution in [0.25, 0.3) is 10.9 Å². The Morgan fingerprint density at radius 2 is 2.00 bits per heavy atom. The predicted octanol–water partition coefficient (Wildman–Crippen LogP) is 2.82. The van der Waals surface area contributed by atoms with Gasteiger partial charge in [0.25, 0.3) is 5.91 Å². The zero-order valence-electron chi connectivity index (χ0n) is 14.5. The number of fused-ring (bicyclic) bond motifs is 1. The number of aryl methyl sites for hydroxylation is 2. The molecular weight excluding hydrogens is 302 g/mol. The Bertz CT molecular complexity index is 861. The number of nitrogens with one attached hydrogen (secondary N) is 1. The fourth-order valence-corrected chi connectivity index (χ4v) is 3.06. The molecule has 0 fully saturated rings. The van der Waals surface area contributed by atoms with Gasteiger partial charge in [-0.25, -0.2) is 4.98 Å². The van der Waals surface area contributed by atoms with Gasteiger partial charge in [-0.2, -0.15) is 5.10 Å². The highest BCUT2D eigenvalue weighted by Crippen LogP contribution is 2.22. The molecular formula is C18H23N5O. The number of hydrogen-bond acceptors (Lipinski definition) is 3. The van der Waals surface area contributed by atoms with Gasteiger partial charge in [0.1, 0.15) is 17.8 Å². The third-order valence-electron chi connectivity index (χ3n) is 4.25. The summed E-state index contributed by atoms with van der Waals surface area (Å²) in [6.45, 7) is 4.26. The fraction of sp³-hybridized carbons (Fsp3) is 0.389. The Morgan fingerprint density at radius 3 is 2.62 bits per heavy atom. The Balaban J connectivity index is 1.90. The van der Waals surface area contributed by atoms with Crippen molar-refractivity contribution in [2.75, 3.05) is 0 Å². The molecule has 2 heterocycles. The minimum atomic E-state index is -0.164. The molecule has 0 radical (unpaired) electrons. The van der Waals surface area contributed by atoms with Gasteiger partial charge < -0.3 is 9.88 Å². The number of nitrogens with zero attached hydrogens (tertiary/aromatic N) is 4. The lowest BCUT2D eigenvalue weighted by atomic mass is 10.0. The molecule has 3 rings (SSSR count). The summed E-state index contributed by atoms with van der Waals surface area (Å²) in [5, 5.41) is 8.31. The Labute approximate surface area is 141 Å². The number of para-hydroxylation sites is 1. The SMILES string of the molecule is CC(C)C[C@@H](NC(=O)c1cc2ccccc2n1C)c1ncnn1C. The van der Waals surface area contributed by atoms with Gasteiger partial charge in [-0.1, -0.05) is 32.0 Å². The van der Waals surface area contributed by atoms with Crippen molar-refractivity contribution in [2.45, 2.75) is 26.3 Å². The fourth-order valence-electron chi connectivity index (χ4n) is 3.06. The molecule has 24 heavy (non-hydrogen) atoms. The average molecular weight is 325 g/mol. The number of amides is 1. The smallest absolute Gasteiger partial charge is 0.268 e. The molecule has 6 nitrogen and oxygen atoms in total. The van der Waals surface area contributed by atoms with E-state index in [-0.39, 0.29) is 11.9 Å². The zero-order valence-corrected chi connectivity index (χ0v) is 14.5. The molecule has 0 bridgehead atoms. The van der Waals surface area contributed by atoms with Gasteiger partial charge in [-0.15, -0.1) is 0 Å². The first-order valence-corrected chi connectivity index (χ1v) is 8.16. The van der Waals surface area contributed by atoms with Gasteiger partial charge in [0.05, 0.1) is 6.04 Å². The summed E-state index contributed by atoms with van der Waals surface area (Å²) in [5.74, 6) is 1.11. The summed E-state index contributed by atoms with van der Waals surface area (Å²) < 4.78 is 3.64. The van der Waals surface area contributed by atoms with Crippen LogP contribution in [-0.2, 0) is 14.1 Å². The van der Waals surface area contributed by atoms with Crippen molar-refractivity contribution in [2.24, 2.45) is 20.0 Å². The molecule has 1 atom stereocenters. The highest BCUT2D eigenvalue weighted by Gasteiger charge is 2.22. The maximum atomic E-state index is 12.8. The molecule has 1 amide bonds. The third kappa shape index (κ3) is 3.04. The molecule has 0 saturated heterocycles. The molecule has 0 spiro atoms. The molecule has 2 aromatic heterocycles. The van der Waals surface area contributed by atoms with E-state index in [1.807, 2.05) is 49.0 Å². The minimum Gasteiger partial charge on any atom is -0.341 e. The van der Waals surface area contributed by atoms with Crippen molar-refractivity contribution >= 4 is 16.8 Å². The highest BCUT2D eigenvalue weighted by atomic mass is 16.2. The lowest BCUT2D eigenvalue weighted by molar-refractivity contribution is 0.0921. The second kappa shape index (κ2) is 6.47. The van der Waals surface area contributed by atoms with Crippen LogP contribution in [0.15, 0.2) is 36.7 Å². The molecule has 126 valence electrons. The first-order chi connectivity index (χ1) is 11.5. The van der Waals surface area contributed by atoms with E-state index in [1.165, 1.54) is 6.33 Å². The van der Waals surface area contributed by atoms with Crippen LogP contribution in [0, 0.1) is 5.92 Å². The van der Waals surface area contributed by atoms with Gasteiger partial charge in [0, 0.05) is 25.0 Å². The molecule has 0 aliphatic heterocycles. The molecule has 0 aliphatic rings. The van der Waals surface area contributed by atoms with Gasteiger partial charge >= 0.3 is 0 Å². The van der Waals surface area contributed by atoms with Crippen LogP contribution < -0.4 is 5.32 Å². The zero-order chi connectivity index (χ0) is 17.3. The first kappa shape index (κ1) is 16.2. The third-order valence-corrected chi connectivity index (χ3v) is 4.25. The van der Waals surface area contributed by atoms with Crippen LogP contribution in [0.3, 0.4) is 0 Å². The topological polar surface area (TPSA) is 64.7 Å². The van der Waals surface area contributed by atoms with Crippen molar-refractivity contribution in [3.05, 3.63) is 48.2 Å². The second-order valence-electron chi connectivity index (χ2n) is 6.54. The van der Waals surface area contributed by atoms with Crippen LogP contribution in [0.1, 0.15) is 42.6 Å². The Morgan fingerprint density at radius 1 is 1.25 bits per heavy atom. The van der Waals surface area contributed by atoms with E-state index >= 15 is 0 Å². The summed E-state index contributed by atoms with van der Waals surface area (Å²) in [4.78, 5) is 17.2. The van der Waals surface area contributed by atoms with Crippen LogP contribution in [0.4, 0.5) is 0 Å². The van der Waals surface area contributed by atoms with E-state index < -0.39 is 0 Å². The molecule has 1 aromatic carbocycles. The second-order valence-corrected chi connectivity index (χ2v) is 6.54. The van der Waals surface area contributed by atoms with Crippen LogP contribution in [0.2, 0.25) is 0 Å². The van der Waals surface area contributed by atoms with Gasteiger partial charge in [0.15, 0.2) is 0 Å². The van der Waals surface area contributed by atoms with Crippen molar-refractivity contribution in [1.82, 2.24) is 24.6 Å². The van der Waals surface area contributed by atoms with Crippen molar-refractivity contribution in [3.63, 3.8) is 0 Å². The number of carbonyl (C=O) groups is 1. The van der Waals surface area contributed by atoms with Gasteiger partial charge in [0.2, 0.25) is 0 Å². The number of benzene rings is 1. The first-order valence-electron chi connectivity index (χ1n) is 8.16. The summed E-state index contributed by atoms with van der Waals surface area (Å²) in [7, 11) is 3.76. The predicted molar refractivity (Wildman–Crippen MR) is 93.6 cm³/mol. The van der Waals surface area contributed by atoms with E-state index in [9.17, 15) is 4.79 Å². The molecule has 3 aromatic rings. The number of hydrogen-bond donors (Lipinski definition) is 1.